The molecule has 0 bridgehead atoms. The fourth-order valence-electron chi connectivity index (χ4n) is 1.91. The molecule has 0 atom stereocenters. The van der Waals surface area contributed by atoms with Crippen molar-refractivity contribution in [2.24, 2.45) is 0 Å². The highest BCUT2D eigenvalue weighted by molar-refractivity contribution is 5.41. The lowest BCUT2D eigenvalue weighted by Crippen LogP contribution is -2.00. The van der Waals surface area contributed by atoms with Gasteiger partial charge in [0.05, 0.1) is 13.2 Å². The van der Waals surface area contributed by atoms with Gasteiger partial charge in [-0.3, -0.25) is 0 Å². The van der Waals surface area contributed by atoms with Crippen LogP contribution in [0.4, 0.5) is 0 Å². The molecule has 0 aliphatic carbocycles. The van der Waals surface area contributed by atoms with Crippen LogP contribution in [0.3, 0.4) is 0 Å². The lowest BCUT2D eigenvalue weighted by Gasteiger charge is -2.11. The highest BCUT2D eigenvalue weighted by Gasteiger charge is 2.04. The highest BCUT2D eigenvalue weighted by Crippen LogP contribution is 2.20. The van der Waals surface area contributed by atoms with Gasteiger partial charge in [0, 0.05) is 23.1 Å². The van der Waals surface area contributed by atoms with Gasteiger partial charge >= 0.3 is 0 Å². The van der Waals surface area contributed by atoms with Gasteiger partial charge in [-0.1, -0.05) is 48.2 Å². The van der Waals surface area contributed by atoms with Crippen molar-refractivity contribution < 1.29 is 14.9 Å². The molecule has 0 aliphatic rings. The first-order valence-corrected chi connectivity index (χ1v) is 6.84. The van der Waals surface area contributed by atoms with Crippen molar-refractivity contribution in [2.75, 3.05) is 6.61 Å². The zero-order chi connectivity index (χ0) is 14.9. The van der Waals surface area contributed by atoms with Crippen LogP contribution in [0.15, 0.2) is 48.5 Å². The Morgan fingerprint density at radius 2 is 1.62 bits per heavy atom. The van der Waals surface area contributed by atoms with Crippen LogP contribution in [0.5, 0.6) is 5.75 Å². The predicted molar refractivity (Wildman–Crippen MR) is 81.7 cm³/mol. The fourth-order valence-corrected chi connectivity index (χ4v) is 1.91. The van der Waals surface area contributed by atoms with Gasteiger partial charge in [0.2, 0.25) is 0 Å². The summed E-state index contributed by atoms with van der Waals surface area (Å²) < 4.78 is 5.78. The number of hydrogen-bond donors (Lipinski definition) is 2. The van der Waals surface area contributed by atoms with Crippen LogP contribution in [-0.4, -0.2) is 16.8 Å². The van der Waals surface area contributed by atoms with Gasteiger partial charge in [-0.25, -0.2) is 0 Å². The van der Waals surface area contributed by atoms with E-state index in [0.717, 1.165) is 16.7 Å². The molecule has 0 saturated carbocycles. The van der Waals surface area contributed by atoms with Crippen LogP contribution in [0.2, 0.25) is 0 Å². The Labute approximate surface area is 124 Å². The lowest BCUT2D eigenvalue weighted by molar-refractivity contribution is 0.259. The zero-order valence-electron chi connectivity index (χ0n) is 11.7. The molecular formula is C18H18O3. The summed E-state index contributed by atoms with van der Waals surface area (Å²) in [6, 6.07) is 15.2. The summed E-state index contributed by atoms with van der Waals surface area (Å²) in [5, 5.41) is 18.1. The quantitative estimate of drug-likeness (QED) is 0.828. The average Bonchev–Trinajstić information content (AvgIpc) is 2.54. The largest absolute Gasteiger partial charge is 0.488 e. The van der Waals surface area contributed by atoms with E-state index < -0.39 is 0 Å². The van der Waals surface area contributed by atoms with Crippen molar-refractivity contribution in [3.63, 3.8) is 0 Å². The molecular weight excluding hydrogens is 264 g/mol. The van der Waals surface area contributed by atoms with Crippen LogP contribution in [0.25, 0.3) is 0 Å². The van der Waals surface area contributed by atoms with E-state index >= 15 is 0 Å². The summed E-state index contributed by atoms with van der Waals surface area (Å²) >= 11 is 0. The molecule has 0 radical (unpaired) electrons. The molecule has 3 nitrogen and oxygen atoms in total. The maximum absolute atomic E-state index is 9.29. The topological polar surface area (TPSA) is 49.7 Å². The normalized spacial score (nSPS) is 9.81. The number of hydrogen-bond acceptors (Lipinski definition) is 3. The van der Waals surface area contributed by atoms with Gasteiger partial charge in [-0.2, -0.15) is 0 Å². The summed E-state index contributed by atoms with van der Waals surface area (Å²) in [7, 11) is 0. The molecule has 0 fully saturated rings. The first-order valence-electron chi connectivity index (χ1n) is 6.84. The molecule has 3 heteroatoms. The van der Waals surface area contributed by atoms with E-state index in [9.17, 15) is 5.11 Å². The summed E-state index contributed by atoms with van der Waals surface area (Å²) in [4.78, 5) is 0. The molecule has 2 N–H and O–H groups in total. The number of ether oxygens (including phenoxy) is 1. The third-order valence-electron chi connectivity index (χ3n) is 3.00. The second kappa shape index (κ2) is 8.11. The van der Waals surface area contributed by atoms with E-state index in [1.54, 1.807) is 0 Å². The first-order chi connectivity index (χ1) is 10.3. The molecule has 21 heavy (non-hydrogen) atoms. The van der Waals surface area contributed by atoms with Gasteiger partial charge in [0.25, 0.3) is 0 Å². The third-order valence-corrected chi connectivity index (χ3v) is 3.00. The van der Waals surface area contributed by atoms with E-state index in [4.69, 9.17) is 9.84 Å². The van der Waals surface area contributed by atoms with Gasteiger partial charge in [-0.05, 0) is 12.1 Å². The third kappa shape index (κ3) is 4.35. The SMILES string of the molecule is OCCC#Cc1ccccc1COc1ccccc1CO. The van der Waals surface area contributed by atoms with Crippen molar-refractivity contribution in [1.82, 2.24) is 0 Å². The number of rotatable bonds is 5. The number of aliphatic hydroxyl groups is 2. The smallest absolute Gasteiger partial charge is 0.125 e. The molecule has 2 aromatic carbocycles. The summed E-state index contributed by atoms with van der Waals surface area (Å²) in [6.45, 7) is 0.407. The summed E-state index contributed by atoms with van der Waals surface area (Å²) in [5.74, 6) is 6.64. The minimum Gasteiger partial charge on any atom is -0.488 e. The second-order valence-electron chi connectivity index (χ2n) is 4.49. The molecule has 0 amide bonds. The van der Waals surface area contributed by atoms with Crippen molar-refractivity contribution in [2.45, 2.75) is 19.6 Å². The molecule has 2 rings (SSSR count). The van der Waals surface area contributed by atoms with Crippen molar-refractivity contribution >= 4 is 0 Å². The minimum absolute atomic E-state index is 0.0475. The number of aliphatic hydroxyl groups excluding tert-OH is 2. The van der Waals surface area contributed by atoms with Crippen LogP contribution in [0, 0.1) is 11.8 Å². The Hall–Kier alpha value is -2.28. The molecule has 0 aliphatic heterocycles. The van der Waals surface area contributed by atoms with Crippen molar-refractivity contribution in [3.05, 3.63) is 65.2 Å². The fraction of sp³-hybridized carbons (Fsp3) is 0.222. The molecule has 0 saturated heterocycles. The van der Waals surface area contributed by atoms with E-state index in [1.807, 2.05) is 48.5 Å². The zero-order valence-corrected chi connectivity index (χ0v) is 11.7. The van der Waals surface area contributed by atoms with E-state index in [-0.39, 0.29) is 13.2 Å². The average molecular weight is 282 g/mol. The highest BCUT2D eigenvalue weighted by atomic mass is 16.5. The van der Waals surface area contributed by atoms with Gasteiger partial charge in [0.15, 0.2) is 0 Å². The molecule has 0 aromatic heterocycles. The monoisotopic (exact) mass is 282 g/mol. The van der Waals surface area contributed by atoms with E-state index in [2.05, 4.69) is 11.8 Å². The predicted octanol–water partition coefficient (Wildman–Crippen LogP) is 2.49. The Bertz CT molecular complexity index is 638. The molecule has 0 heterocycles. The lowest BCUT2D eigenvalue weighted by atomic mass is 10.1. The summed E-state index contributed by atoms with van der Waals surface area (Å²) in [6.07, 6.45) is 0.461. The van der Waals surface area contributed by atoms with E-state index in [1.165, 1.54) is 0 Å². The van der Waals surface area contributed by atoms with Crippen LogP contribution < -0.4 is 4.74 Å². The number of para-hydroxylation sites is 1. The first kappa shape index (κ1) is 15.1. The standard InChI is InChI=1S/C18H18O3/c19-12-6-5-8-15-7-1-2-10-17(15)14-21-18-11-4-3-9-16(18)13-20/h1-4,7,9-11,19-20H,6,12-14H2. The van der Waals surface area contributed by atoms with E-state index in [0.29, 0.717) is 18.8 Å². The van der Waals surface area contributed by atoms with Crippen LogP contribution in [0.1, 0.15) is 23.1 Å². The van der Waals surface area contributed by atoms with Crippen LogP contribution in [-0.2, 0) is 13.2 Å². The number of benzene rings is 2. The van der Waals surface area contributed by atoms with Crippen molar-refractivity contribution in [3.8, 4) is 17.6 Å². The Morgan fingerprint density at radius 1 is 0.905 bits per heavy atom. The molecule has 2 aromatic rings. The Balaban J connectivity index is 2.12. The van der Waals surface area contributed by atoms with Gasteiger partial charge in [0.1, 0.15) is 12.4 Å². The molecule has 108 valence electrons. The van der Waals surface area contributed by atoms with Gasteiger partial charge < -0.3 is 14.9 Å². The van der Waals surface area contributed by atoms with Crippen LogP contribution >= 0.6 is 0 Å². The summed E-state index contributed by atoms with van der Waals surface area (Å²) in [5.41, 5.74) is 2.64. The van der Waals surface area contributed by atoms with Gasteiger partial charge in [-0.15, -0.1) is 0 Å². The Morgan fingerprint density at radius 3 is 2.38 bits per heavy atom. The molecule has 0 spiro atoms. The second-order valence-corrected chi connectivity index (χ2v) is 4.49. The maximum atomic E-state index is 9.29. The minimum atomic E-state index is -0.0475. The van der Waals surface area contributed by atoms with Crippen molar-refractivity contribution in [1.29, 1.82) is 0 Å². The molecule has 0 unspecified atom stereocenters. The Kier molecular flexibility index (Phi) is 5.83. The maximum Gasteiger partial charge on any atom is 0.125 e.